The van der Waals surface area contributed by atoms with Crippen LogP contribution in [0.4, 0.5) is 0 Å². The van der Waals surface area contributed by atoms with Gasteiger partial charge in [0.1, 0.15) is 5.75 Å². The Morgan fingerprint density at radius 1 is 1.43 bits per heavy atom. The topological polar surface area (TPSA) is 26.3 Å². The lowest BCUT2D eigenvalue weighted by molar-refractivity contribution is 0.112. The van der Waals surface area contributed by atoms with Crippen molar-refractivity contribution in [1.82, 2.24) is 0 Å². The first-order valence-corrected chi connectivity index (χ1v) is 4.80. The molecule has 76 valence electrons. The molecular formula is C11H13ClO2. The molecule has 0 bridgehead atoms. The minimum absolute atomic E-state index is 0.238. The Hall–Kier alpha value is -1.02. The van der Waals surface area contributed by atoms with Crippen LogP contribution in [0.3, 0.4) is 0 Å². The first-order valence-electron chi connectivity index (χ1n) is 4.42. The molecule has 0 aliphatic carbocycles. The molecule has 0 aromatic heterocycles. The van der Waals surface area contributed by atoms with Crippen molar-refractivity contribution in [3.63, 3.8) is 0 Å². The zero-order chi connectivity index (χ0) is 10.7. The molecule has 14 heavy (non-hydrogen) atoms. The van der Waals surface area contributed by atoms with Gasteiger partial charge in [-0.05, 0) is 18.1 Å². The second-order valence-electron chi connectivity index (χ2n) is 3.38. The summed E-state index contributed by atoms with van der Waals surface area (Å²) >= 11 is 5.85. The van der Waals surface area contributed by atoms with Crippen LogP contribution < -0.4 is 4.74 Å². The molecule has 0 heterocycles. The normalized spacial score (nSPS) is 10.4. The quantitative estimate of drug-likeness (QED) is 0.719. The number of aldehydes is 1. The minimum atomic E-state index is 0.238. The molecule has 1 aromatic carbocycles. The third-order valence-electron chi connectivity index (χ3n) is 2.06. The van der Waals surface area contributed by atoms with Crippen molar-refractivity contribution in [2.75, 3.05) is 7.11 Å². The summed E-state index contributed by atoms with van der Waals surface area (Å²) in [5, 5.41) is 0.522. The smallest absolute Gasteiger partial charge is 0.150 e. The van der Waals surface area contributed by atoms with Crippen LogP contribution >= 0.6 is 11.6 Å². The molecule has 0 radical (unpaired) electrons. The lowest BCUT2D eigenvalue weighted by Crippen LogP contribution is -1.99. The molecule has 1 aromatic rings. The summed E-state index contributed by atoms with van der Waals surface area (Å²) in [5.41, 5.74) is 1.51. The predicted octanol–water partition coefficient (Wildman–Crippen LogP) is 3.28. The maximum absolute atomic E-state index is 10.8. The Morgan fingerprint density at radius 3 is 2.50 bits per heavy atom. The van der Waals surface area contributed by atoms with Crippen molar-refractivity contribution in [2.24, 2.45) is 0 Å². The monoisotopic (exact) mass is 212 g/mol. The molecule has 2 nitrogen and oxygen atoms in total. The van der Waals surface area contributed by atoms with Crippen molar-refractivity contribution in [2.45, 2.75) is 19.8 Å². The van der Waals surface area contributed by atoms with Gasteiger partial charge in [0.15, 0.2) is 6.29 Å². The van der Waals surface area contributed by atoms with Gasteiger partial charge in [0.2, 0.25) is 0 Å². The molecule has 0 unspecified atom stereocenters. The lowest BCUT2D eigenvalue weighted by atomic mass is 9.97. The molecule has 0 fully saturated rings. The predicted molar refractivity (Wildman–Crippen MR) is 57.5 cm³/mol. The van der Waals surface area contributed by atoms with Crippen molar-refractivity contribution in [1.29, 1.82) is 0 Å². The Bertz CT molecular complexity index is 345. The molecule has 0 N–H and O–H groups in total. The van der Waals surface area contributed by atoms with Gasteiger partial charge in [-0.2, -0.15) is 0 Å². The van der Waals surface area contributed by atoms with Crippen molar-refractivity contribution in [3.05, 3.63) is 28.3 Å². The van der Waals surface area contributed by atoms with Gasteiger partial charge in [0, 0.05) is 16.1 Å². The average Bonchev–Trinajstić information content (AvgIpc) is 2.15. The first-order chi connectivity index (χ1) is 6.60. The molecule has 0 aliphatic rings. The number of halogens is 1. The number of hydrogen-bond acceptors (Lipinski definition) is 2. The van der Waals surface area contributed by atoms with Crippen LogP contribution in [0, 0.1) is 0 Å². The molecule has 0 atom stereocenters. The van der Waals surface area contributed by atoms with Gasteiger partial charge in [-0.1, -0.05) is 25.4 Å². The van der Waals surface area contributed by atoms with E-state index in [9.17, 15) is 4.79 Å². The molecule has 1 rings (SSSR count). The van der Waals surface area contributed by atoms with Crippen molar-refractivity contribution >= 4 is 17.9 Å². The summed E-state index contributed by atoms with van der Waals surface area (Å²) in [6.45, 7) is 4.03. The van der Waals surface area contributed by atoms with E-state index in [1.165, 1.54) is 0 Å². The van der Waals surface area contributed by atoms with Gasteiger partial charge in [-0.15, -0.1) is 0 Å². The Kier molecular flexibility index (Phi) is 3.53. The molecule has 0 amide bonds. The minimum Gasteiger partial charge on any atom is -0.496 e. The van der Waals surface area contributed by atoms with Crippen LogP contribution in [0.15, 0.2) is 12.1 Å². The highest BCUT2D eigenvalue weighted by molar-refractivity contribution is 6.31. The third kappa shape index (κ3) is 2.07. The van der Waals surface area contributed by atoms with E-state index in [2.05, 4.69) is 0 Å². The number of benzene rings is 1. The number of hydrogen-bond donors (Lipinski definition) is 0. The summed E-state index contributed by atoms with van der Waals surface area (Å²) in [6, 6.07) is 3.39. The fourth-order valence-electron chi connectivity index (χ4n) is 1.50. The van der Waals surface area contributed by atoms with Gasteiger partial charge in [0.25, 0.3) is 0 Å². The van der Waals surface area contributed by atoms with Gasteiger partial charge >= 0.3 is 0 Å². The van der Waals surface area contributed by atoms with E-state index in [0.29, 0.717) is 16.3 Å². The largest absolute Gasteiger partial charge is 0.496 e. The SMILES string of the molecule is COc1cc(Cl)cc(C=O)c1C(C)C. The van der Waals surface area contributed by atoms with Crippen LogP contribution in [0.5, 0.6) is 5.75 Å². The zero-order valence-corrected chi connectivity index (χ0v) is 9.26. The molecular weight excluding hydrogens is 200 g/mol. The number of methoxy groups -OCH3 is 1. The van der Waals surface area contributed by atoms with E-state index in [4.69, 9.17) is 16.3 Å². The molecule has 0 saturated carbocycles. The number of rotatable bonds is 3. The summed E-state index contributed by atoms with van der Waals surface area (Å²) in [4.78, 5) is 10.8. The number of carbonyl (C=O) groups excluding carboxylic acids is 1. The zero-order valence-electron chi connectivity index (χ0n) is 8.50. The second-order valence-corrected chi connectivity index (χ2v) is 3.82. The third-order valence-corrected chi connectivity index (χ3v) is 2.28. The Labute approximate surface area is 88.8 Å². The van der Waals surface area contributed by atoms with Gasteiger partial charge < -0.3 is 4.74 Å². The Balaban J connectivity index is 3.40. The highest BCUT2D eigenvalue weighted by Gasteiger charge is 2.13. The van der Waals surface area contributed by atoms with E-state index in [1.54, 1.807) is 19.2 Å². The average molecular weight is 213 g/mol. The van der Waals surface area contributed by atoms with E-state index >= 15 is 0 Å². The van der Waals surface area contributed by atoms with Crippen LogP contribution in [0.25, 0.3) is 0 Å². The summed E-state index contributed by atoms with van der Waals surface area (Å²) in [6.07, 6.45) is 0.809. The lowest BCUT2D eigenvalue weighted by Gasteiger charge is -2.14. The fraction of sp³-hybridized carbons (Fsp3) is 0.364. The summed E-state index contributed by atoms with van der Waals surface area (Å²) < 4.78 is 5.19. The van der Waals surface area contributed by atoms with Crippen LogP contribution in [0.1, 0.15) is 35.7 Å². The van der Waals surface area contributed by atoms with Crippen molar-refractivity contribution < 1.29 is 9.53 Å². The number of ether oxygens (including phenoxy) is 1. The van der Waals surface area contributed by atoms with E-state index in [1.807, 2.05) is 13.8 Å². The van der Waals surface area contributed by atoms with E-state index in [0.717, 1.165) is 11.8 Å². The maximum Gasteiger partial charge on any atom is 0.150 e. The molecule has 0 saturated heterocycles. The van der Waals surface area contributed by atoms with E-state index < -0.39 is 0 Å². The fourth-order valence-corrected chi connectivity index (χ4v) is 1.71. The summed E-state index contributed by atoms with van der Waals surface area (Å²) in [7, 11) is 1.58. The van der Waals surface area contributed by atoms with Gasteiger partial charge in [-0.25, -0.2) is 0 Å². The maximum atomic E-state index is 10.8. The molecule has 3 heteroatoms. The first kappa shape index (κ1) is 11.1. The van der Waals surface area contributed by atoms with Crippen LogP contribution in [0.2, 0.25) is 5.02 Å². The molecule has 0 aliphatic heterocycles. The summed E-state index contributed by atoms with van der Waals surface area (Å²) in [5.74, 6) is 0.914. The molecule has 0 spiro atoms. The highest BCUT2D eigenvalue weighted by Crippen LogP contribution is 2.32. The highest BCUT2D eigenvalue weighted by atomic mass is 35.5. The van der Waals surface area contributed by atoms with Gasteiger partial charge in [0.05, 0.1) is 7.11 Å². The van der Waals surface area contributed by atoms with E-state index in [-0.39, 0.29) is 5.92 Å². The number of carbonyl (C=O) groups is 1. The Morgan fingerprint density at radius 2 is 2.07 bits per heavy atom. The van der Waals surface area contributed by atoms with Crippen molar-refractivity contribution in [3.8, 4) is 5.75 Å². The second kappa shape index (κ2) is 4.47. The van der Waals surface area contributed by atoms with Gasteiger partial charge in [-0.3, -0.25) is 4.79 Å². The van der Waals surface area contributed by atoms with Crippen LogP contribution in [-0.4, -0.2) is 13.4 Å². The standard InChI is InChI=1S/C11H13ClO2/c1-7(2)11-8(6-13)4-9(12)5-10(11)14-3/h4-7H,1-3H3. The van der Waals surface area contributed by atoms with Crippen LogP contribution in [-0.2, 0) is 0 Å².